The number of methoxy groups -OCH3 is 1. The normalized spacial score (nSPS) is 11.1. The first-order valence-corrected chi connectivity index (χ1v) is 8.03. The van der Waals surface area contributed by atoms with E-state index in [2.05, 4.69) is 10.3 Å². The Morgan fingerprint density at radius 3 is 2.58 bits per heavy atom. The number of hydrogen-bond donors (Lipinski definition) is 2. The van der Waals surface area contributed by atoms with Gasteiger partial charge in [-0.15, -0.1) is 0 Å². The average molecular weight is 361 g/mol. The van der Waals surface area contributed by atoms with Gasteiger partial charge in [-0.2, -0.15) is 0 Å². The highest BCUT2D eigenvalue weighted by Gasteiger charge is 2.19. The van der Waals surface area contributed by atoms with Crippen LogP contribution in [0.2, 0.25) is 0 Å². The van der Waals surface area contributed by atoms with Crippen molar-refractivity contribution in [1.82, 2.24) is 10.3 Å². The molecule has 0 unspecified atom stereocenters. The first-order valence-electron chi connectivity index (χ1n) is 8.03. The zero-order valence-electron chi connectivity index (χ0n) is 15.3. The minimum atomic E-state index is -0.602. The lowest BCUT2D eigenvalue weighted by atomic mass is 9.94. The van der Waals surface area contributed by atoms with Crippen molar-refractivity contribution in [1.29, 1.82) is 0 Å². The Bertz CT molecular complexity index is 792. The molecule has 3 N–H and O–H groups in total. The second kappa shape index (κ2) is 7.90. The lowest BCUT2D eigenvalue weighted by Crippen LogP contribution is -2.23. The van der Waals surface area contributed by atoms with E-state index in [-0.39, 0.29) is 24.5 Å². The van der Waals surface area contributed by atoms with Crippen molar-refractivity contribution in [2.45, 2.75) is 32.7 Å². The molecule has 2 amide bonds. The Morgan fingerprint density at radius 2 is 2.00 bits per heavy atom. The molecule has 1 heterocycles. The summed E-state index contributed by atoms with van der Waals surface area (Å²) in [5, 5.41) is 2.74. The second-order valence-corrected chi connectivity index (χ2v) is 6.67. The number of ether oxygens (including phenoxy) is 2. The molecular weight excluding hydrogens is 338 g/mol. The van der Waals surface area contributed by atoms with Crippen LogP contribution in [0, 0.1) is 0 Å². The summed E-state index contributed by atoms with van der Waals surface area (Å²) in [6.07, 6.45) is 1.66. The number of carbonyl (C=O) groups is 2. The molecule has 0 aliphatic heterocycles. The fourth-order valence-corrected chi connectivity index (χ4v) is 2.07. The Kier molecular flexibility index (Phi) is 5.86. The smallest absolute Gasteiger partial charge is 0.255 e. The van der Waals surface area contributed by atoms with Crippen LogP contribution in [0.25, 0.3) is 0 Å². The molecule has 0 radical (unpaired) electrons. The molecule has 26 heavy (non-hydrogen) atoms. The predicted molar refractivity (Wildman–Crippen MR) is 94.1 cm³/mol. The minimum Gasteiger partial charge on any atom is -0.493 e. The van der Waals surface area contributed by atoms with Crippen molar-refractivity contribution < 1.29 is 23.5 Å². The Morgan fingerprint density at radius 1 is 1.27 bits per heavy atom. The number of nitrogens with one attached hydrogen (secondary N) is 1. The van der Waals surface area contributed by atoms with Crippen LogP contribution in [-0.2, 0) is 16.8 Å². The maximum absolute atomic E-state index is 12.3. The van der Waals surface area contributed by atoms with Gasteiger partial charge in [0.1, 0.15) is 5.76 Å². The highest BCUT2D eigenvalue weighted by molar-refractivity contribution is 5.94. The monoisotopic (exact) mass is 361 g/mol. The number of rotatable bonds is 7. The van der Waals surface area contributed by atoms with Gasteiger partial charge in [0, 0.05) is 11.0 Å². The molecule has 8 nitrogen and oxygen atoms in total. The summed E-state index contributed by atoms with van der Waals surface area (Å²) >= 11 is 0. The van der Waals surface area contributed by atoms with Crippen molar-refractivity contribution in [3.8, 4) is 11.5 Å². The molecule has 0 saturated carbocycles. The van der Waals surface area contributed by atoms with Gasteiger partial charge >= 0.3 is 0 Å². The van der Waals surface area contributed by atoms with Crippen LogP contribution in [0.1, 0.15) is 42.8 Å². The van der Waals surface area contributed by atoms with E-state index >= 15 is 0 Å². The van der Waals surface area contributed by atoms with E-state index in [1.54, 1.807) is 18.3 Å². The molecule has 8 heteroatoms. The Labute approximate surface area is 151 Å². The van der Waals surface area contributed by atoms with Crippen molar-refractivity contribution in [2.24, 2.45) is 5.73 Å². The molecule has 2 aromatic rings. The molecule has 0 spiro atoms. The van der Waals surface area contributed by atoms with Gasteiger partial charge in [0.05, 0.1) is 19.9 Å². The molecular formula is C18H23N3O5. The van der Waals surface area contributed by atoms with Gasteiger partial charge in [-0.05, 0) is 18.2 Å². The molecule has 0 saturated heterocycles. The Balaban J connectivity index is 2.02. The molecule has 0 aliphatic carbocycles. The van der Waals surface area contributed by atoms with Gasteiger partial charge in [-0.25, -0.2) is 4.98 Å². The summed E-state index contributed by atoms with van der Waals surface area (Å²) in [5.41, 5.74) is 5.27. The van der Waals surface area contributed by atoms with Crippen molar-refractivity contribution in [2.75, 3.05) is 13.7 Å². The fraction of sp³-hybridized carbons (Fsp3) is 0.389. The summed E-state index contributed by atoms with van der Waals surface area (Å²) in [5.74, 6) is 0.904. The number of benzene rings is 1. The standard InChI is InChI=1S/C18H23N3O5/c1-18(2,3)14-8-20-16(26-14)9-21-17(23)11-5-6-12(13(7-11)24-4)25-10-15(19)22/h5-8H,9-10H2,1-4H3,(H2,19,22)(H,21,23). The first kappa shape index (κ1) is 19.3. The van der Waals surface area contributed by atoms with E-state index in [9.17, 15) is 9.59 Å². The Hall–Kier alpha value is -3.03. The van der Waals surface area contributed by atoms with Gasteiger partial charge in [-0.1, -0.05) is 20.8 Å². The lowest BCUT2D eigenvalue weighted by Gasteiger charge is -2.13. The number of amides is 2. The van der Waals surface area contributed by atoms with Crippen LogP contribution in [-0.4, -0.2) is 30.5 Å². The van der Waals surface area contributed by atoms with Crippen molar-refractivity contribution in [3.63, 3.8) is 0 Å². The van der Waals surface area contributed by atoms with Gasteiger partial charge < -0.3 is 24.9 Å². The van der Waals surface area contributed by atoms with Gasteiger partial charge in [0.2, 0.25) is 5.89 Å². The number of oxazole rings is 1. The fourth-order valence-electron chi connectivity index (χ4n) is 2.07. The number of hydrogen-bond acceptors (Lipinski definition) is 6. The van der Waals surface area contributed by atoms with Crippen LogP contribution >= 0.6 is 0 Å². The van der Waals surface area contributed by atoms with E-state index in [1.165, 1.54) is 13.2 Å². The van der Waals surface area contributed by atoms with Crippen LogP contribution < -0.4 is 20.5 Å². The highest BCUT2D eigenvalue weighted by Crippen LogP contribution is 2.28. The zero-order chi connectivity index (χ0) is 19.3. The molecule has 0 aliphatic rings. The third kappa shape index (κ3) is 4.98. The number of nitrogens with zero attached hydrogens (tertiary/aromatic N) is 1. The molecule has 140 valence electrons. The van der Waals surface area contributed by atoms with Crippen LogP contribution in [0.15, 0.2) is 28.8 Å². The number of carbonyl (C=O) groups excluding carboxylic acids is 2. The van der Waals surface area contributed by atoms with Crippen molar-refractivity contribution in [3.05, 3.63) is 41.6 Å². The highest BCUT2D eigenvalue weighted by atomic mass is 16.5. The second-order valence-electron chi connectivity index (χ2n) is 6.67. The van der Waals surface area contributed by atoms with Gasteiger partial charge in [0.15, 0.2) is 18.1 Å². The van der Waals surface area contributed by atoms with E-state index in [4.69, 9.17) is 19.6 Å². The van der Waals surface area contributed by atoms with E-state index in [0.29, 0.717) is 23.0 Å². The average Bonchev–Trinajstić information content (AvgIpc) is 3.07. The van der Waals surface area contributed by atoms with Gasteiger partial charge in [-0.3, -0.25) is 9.59 Å². The van der Waals surface area contributed by atoms with E-state index in [1.807, 2.05) is 20.8 Å². The maximum Gasteiger partial charge on any atom is 0.255 e. The lowest BCUT2D eigenvalue weighted by molar-refractivity contribution is -0.119. The SMILES string of the molecule is COc1cc(C(=O)NCc2ncc(C(C)(C)C)o2)ccc1OCC(N)=O. The summed E-state index contributed by atoms with van der Waals surface area (Å²) in [6, 6.07) is 4.62. The third-order valence-corrected chi connectivity index (χ3v) is 3.49. The number of primary amides is 1. The molecule has 0 fully saturated rings. The molecule has 0 atom stereocenters. The third-order valence-electron chi connectivity index (χ3n) is 3.49. The van der Waals surface area contributed by atoms with E-state index in [0.717, 1.165) is 5.76 Å². The topological polar surface area (TPSA) is 117 Å². The summed E-state index contributed by atoms with van der Waals surface area (Å²) < 4.78 is 16.1. The van der Waals surface area contributed by atoms with Crippen LogP contribution in [0.5, 0.6) is 11.5 Å². The molecule has 2 rings (SSSR count). The van der Waals surface area contributed by atoms with Crippen molar-refractivity contribution >= 4 is 11.8 Å². The molecule has 1 aromatic carbocycles. The van der Waals surface area contributed by atoms with Gasteiger partial charge in [0.25, 0.3) is 11.8 Å². The predicted octanol–water partition coefficient (Wildman–Crippen LogP) is 1.77. The zero-order valence-corrected chi connectivity index (χ0v) is 15.3. The molecule has 0 bridgehead atoms. The minimum absolute atomic E-state index is 0.149. The van der Waals surface area contributed by atoms with E-state index < -0.39 is 5.91 Å². The largest absolute Gasteiger partial charge is 0.493 e. The number of nitrogens with two attached hydrogens (primary N) is 1. The summed E-state index contributed by atoms with van der Waals surface area (Å²) in [6.45, 7) is 5.94. The first-order chi connectivity index (χ1) is 12.2. The quantitative estimate of drug-likeness (QED) is 0.776. The maximum atomic E-state index is 12.3. The van der Waals surface area contributed by atoms with Crippen LogP contribution in [0.3, 0.4) is 0 Å². The summed E-state index contributed by atoms with van der Waals surface area (Å²) in [7, 11) is 1.44. The number of aromatic nitrogens is 1. The molecule has 1 aromatic heterocycles. The summed E-state index contributed by atoms with van der Waals surface area (Å²) in [4.78, 5) is 27.3. The van der Waals surface area contributed by atoms with Crippen LogP contribution in [0.4, 0.5) is 0 Å².